The van der Waals surface area contributed by atoms with Crippen LogP contribution in [0.3, 0.4) is 0 Å². The molecule has 0 spiro atoms. The van der Waals surface area contributed by atoms with Gasteiger partial charge in [-0.25, -0.2) is 0 Å². The van der Waals surface area contributed by atoms with Gasteiger partial charge in [0.25, 0.3) is 0 Å². The minimum Gasteiger partial charge on any atom is -0.461 e. The van der Waals surface area contributed by atoms with Crippen molar-refractivity contribution >= 4 is 0 Å². The van der Waals surface area contributed by atoms with Gasteiger partial charge in [0.2, 0.25) is 0 Å². The highest BCUT2D eigenvalue weighted by atomic mass is 16.5. The van der Waals surface area contributed by atoms with Gasteiger partial charge in [-0.2, -0.15) is 0 Å². The summed E-state index contributed by atoms with van der Waals surface area (Å²) in [6.07, 6.45) is 5.04. The first-order chi connectivity index (χ1) is 11.1. The number of aryl methyl sites for hydroxylation is 2. The van der Waals surface area contributed by atoms with Gasteiger partial charge in [0.15, 0.2) is 0 Å². The molecule has 0 N–H and O–H groups in total. The molecule has 2 aromatic carbocycles. The van der Waals surface area contributed by atoms with Gasteiger partial charge >= 0.3 is 0 Å². The predicted octanol–water partition coefficient (Wildman–Crippen LogP) is 5.57. The monoisotopic (exact) mass is 306 g/mol. The van der Waals surface area contributed by atoms with Gasteiger partial charge in [-0.15, -0.1) is 0 Å². The highest BCUT2D eigenvalue weighted by Gasteiger charge is 2.17. The SMILES string of the molecule is Cc1cccc(OC2=CCC(C)C(Oc3cccc(C)c3)=C2)c1. The quantitative estimate of drug-likeness (QED) is 0.735. The summed E-state index contributed by atoms with van der Waals surface area (Å²) >= 11 is 0. The van der Waals surface area contributed by atoms with E-state index in [1.807, 2.05) is 42.5 Å². The number of hydrogen-bond donors (Lipinski definition) is 0. The molecule has 2 nitrogen and oxygen atoms in total. The average Bonchev–Trinajstić information content (AvgIpc) is 2.51. The summed E-state index contributed by atoms with van der Waals surface area (Å²) in [6.45, 7) is 6.30. The fourth-order valence-electron chi connectivity index (χ4n) is 2.58. The minimum absolute atomic E-state index is 0.348. The van der Waals surface area contributed by atoms with E-state index in [9.17, 15) is 0 Å². The van der Waals surface area contributed by atoms with E-state index in [0.29, 0.717) is 5.92 Å². The van der Waals surface area contributed by atoms with Crippen LogP contribution in [0.15, 0.2) is 72.2 Å². The number of benzene rings is 2. The Morgan fingerprint density at radius 2 is 1.48 bits per heavy atom. The lowest BCUT2D eigenvalue weighted by Crippen LogP contribution is -2.12. The Hall–Kier alpha value is -2.48. The highest BCUT2D eigenvalue weighted by molar-refractivity contribution is 5.34. The molecular weight excluding hydrogens is 284 g/mol. The summed E-state index contributed by atoms with van der Waals surface area (Å²) in [5, 5.41) is 0. The third-order valence-corrected chi connectivity index (χ3v) is 3.89. The Labute approximate surface area is 138 Å². The molecule has 0 saturated carbocycles. The first kappa shape index (κ1) is 15.4. The second-order valence-corrected chi connectivity index (χ2v) is 6.13. The maximum atomic E-state index is 6.08. The van der Waals surface area contributed by atoms with Crippen LogP contribution in [-0.4, -0.2) is 0 Å². The molecule has 3 rings (SSSR count). The number of allylic oxidation sites excluding steroid dienone is 3. The highest BCUT2D eigenvalue weighted by Crippen LogP contribution is 2.28. The van der Waals surface area contributed by atoms with E-state index in [2.05, 4.69) is 39.0 Å². The lowest BCUT2D eigenvalue weighted by Gasteiger charge is -2.21. The Bertz CT molecular complexity index is 756. The molecular formula is C21H22O2. The fraction of sp³-hybridized carbons (Fsp3) is 0.238. The molecule has 2 aromatic rings. The molecule has 1 unspecified atom stereocenters. The first-order valence-electron chi connectivity index (χ1n) is 8.01. The molecule has 1 aliphatic rings. The van der Waals surface area contributed by atoms with Gasteiger partial charge in [-0.05, 0) is 61.7 Å². The van der Waals surface area contributed by atoms with Gasteiger partial charge in [0.05, 0.1) is 0 Å². The Morgan fingerprint density at radius 3 is 2.09 bits per heavy atom. The second-order valence-electron chi connectivity index (χ2n) is 6.13. The van der Waals surface area contributed by atoms with Crippen molar-refractivity contribution in [2.24, 2.45) is 5.92 Å². The van der Waals surface area contributed by atoms with Crippen LogP contribution in [0.5, 0.6) is 11.5 Å². The fourth-order valence-corrected chi connectivity index (χ4v) is 2.58. The van der Waals surface area contributed by atoms with E-state index in [1.165, 1.54) is 11.1 Å². The van der Waals surface area contributed by atoms with E-state index >= 15 is 0 Å². The predicted molar refractivity (Wildman–Crippen MR) is 93.6 cm³/mol. The van der Waals surface area contributed by atoms with Crippen LogP contribution < -0.4 is 9.47 Å². The number of hydrogen-bond acceptors (Lipinski definition) is 2. The molecule has 0 bridgehead atoms. The van der Waals surface area contributed by atoms with Gasteiger partial charge in [-0.3, -0.25) is 0 Å². The van der Waals surface area contributed by atoms with Gasteiger partial charge in [0, 0.05) is 12.0 Å². The molecule has 0 fully saturated rings. The van der Waals surface area contributed by atoms with E-state index in [1.54, 1.807) is 0 Å². The van der Waals surface area contributed by atoms with Crippen molar-refractivity contribution in [1.82, 2.24) is 0 Å². The first-order valence-corrected chi connectivity index (χ1v) is 8.01. The van der Waals surface area contributed by atoms with Gasteiger partial charge < -0.3 is 9.47 Å². The normalized spacial score (nSPS) is 17.3. The summed E-state index contributed by atoms with van der Waals surface area (Å²) < 4.78 is 12.1. The molecule has 0 amide bonds. The smallest absolute Gasteiger partial charge is 0.127 e. The lowest BCUT2D eigenvalue weighted by molar-refractivity contribution is 0.339. The molecule has 2 heteroatoms. The van der Waals surface area contributed by atoms with E-state index in [4.69, 9.17) is 9.47 Å². The summed E-state index contributed by atoms with van der Waals surface area (Å²) in [5.41, 5.74) is 2.38. The second kappa shape index (κ2) is 6.74. The van der Waals surface area contributed by atoms with Crippen molar-refractivity contribution in [3.05, 3.63) is 83.3 Å². The van der Waals surface area contributed by atoms with Crippen LogP contribution in [-0.2, 0) is 0 Å². The third-order valence-electron chi connectivity index (χ3n) is 3.89. The van der Waals surface area contributed by atoms with Crippen molar-refractivity contribution in [3.8, 4) is 11.5 Å². The van der Waals surface area contributed by atoms with E-state index < -0.39 is 0 Å². The van der Waals surface area contributed by atoms with Crippen molar-refractivity contribution < 1.29 is 9.47 Å². The van der Waals surface area contributed by atoms with Crippen LogP contribution in [0, 0.1) is 19.8 Å². The van der Waals surface area contributed by atoms with Crippen LogP contribution in [0.1, 0.15) is 24.5 Å². The minimum atomic E-state index is 0.348. The Balaban J connectivity index is 1.77. The van der Waals surface area contributed by atoms with Crippen molar-refractivity contribution in [1.29, 1.82) is 0 Å². The molecule has 0 radical (unpaired) electrons. The zero-order valence-corrected chi connectivity index (χ0v) is 13.9. The molecule has 1 atom stereocenters. The number of rotatable bonds is 4. The van der Waals surface area contributed by atoms with Crippen LogP contribution in [0.2, 0.25) is 0 Å². The topological polar surface area (TPSA) is 18.5 Å². The summed E-state index contributed by atoms with van der Waals surface area (Å²) in [5.74, 6) is 3.87. The van der Waals surface area contributed by atoms with Crippen LogP contribution in [0.4, 0.5) is 0 Å². The maximum absolute atomic E-state index is 6.08. The molecule has 0 heterocycles. The van der Waals surface area contributed by atoms with E-state index in [0.717, 1.165) is 29.4 Å². The summed E-state index contributed by atoms with van der Waals surface area (Å²) in [4.78, 5) is 0. The van der Waals surface area contributed by atoms with Crippen molar-refractivity contribution in [3.63, 3.8) is 0 Å². The Kier molecular flexibility index (Phi) is 4.52. The molecule has 0 aliphatic heterocycles. The molecule has 118 valence electrons. The third kappa shape index (κ3) is 4.04. The van der Waals surface area contributed by atoms with E-state index in [-0.39, 0.29) is 0 Å². The largest absolute Gasteiger partial charge is 0.461 e. The van der Waals surface area contributed by atoms with Crippen molar-refractivity contribution in [2.45, 2.75) is 27.2 Å². The van der Waals surface area contributed by atoms with Gasteiger partial charge in [0.1, 0.15) is 23.0 Å². The van der Waals surface area contributed by atoms with Crippen LogP contribution >= 0.6 is 0 Å². The zero-order valence-electron chi connectivity index (χ0n) is 13.9. The summed E-state index contributed by atoms with van der Waals surface area (Å²) in [6, 6.07) is 16.2. The molecule has 0 saturated heterocycles. The van der Waals surface area contributed by atoms with Crippen LogP contribution in [0.25, 0.3) is 0 Å². The molecule has 0 aromatic heterocycles. The van der Waals surface area contributed by atoms with Gasteiger partial charge in [-0.1, -0.05) is 31.2 Å². The Morgan fingerprint density at radius 1 is 0.870 bits per heavy atom. The molecule has 23 heavy (non-hydrogen) atoms. The summed E-state index contributed by atoms with van der Waals surface area (Å²) in [7, 11) is 0. The average molecular weight is 306 g/mol. The lowest BCUT2D eigenvalue weighted by atomic mass is 10.00. The zero-order chi connectivity index (χ0) is 16.2. The van der Waals surface area contributed by atoms with Crippen molar-refractivity contribution in [2.75, 3.05) is 0 Å². The number of ether oxygens (including phenoxy) is 2. The maximum Gasteiger partial charge on any atom is 0.127 e. The molecule has 1 aliphatic carbocycles. The standard InChI is InChI=1S/C21H22O2/c1-15-6-4-8-18(12-15)22-20-11-10-17(3)21(14-20)23-19-9-5-7-16(2)13-19/h4-9,11-14,17H,10H2,1-3H3.